The van der Waals surface area contributed by atoms with E-state index >= 15 is 0 Å². The van der Waals surface area contributed by atoms with Crippen LogP contribution in [0.3, 0.4) is 0 Å². The summed E-state index contributed by atoms with van der Waals surface area (Å²) < 4.78 is 0.872. The van der Waals surface area contributed by atoms with Gasteiger partial charge in [0.15, 0.2) is 0 Å². The predicted octanol–water partition coefficient (Wildman–Crippen LogP) is 4.58. The van der Waals surface area contributed by atoms with Crippen molar-refractivity contribution in [3.05, 3.63) is 26.7 Å². The summed E-state index contributed by atoms with van der Waals surface area (Å²) in [7, 11) is 0. The summed E-state index contributed by atoms with van der Waals surface area (Å²) in [4.78, 5) is 0. The fraction of sp³-hybridized carbons (Fsp3) is 0.273. The summed E-state index contributed by atoms with van der Waals surface area (Å²) in [6, 6.07) is 3.61. The van der Waals surface area contributed by atoms with Gasteiger partial charge in [0.1, 0.15) is 0 Å². The minimum atomic E-state index is 0.610. The topological polar surface area (TPSA) is 12.0 Å². The molecule has 4 heteroatoms. The molecule has 1 aromatic carbocycles. The summed E-state index contributed by atoms with van der Waals surface area (Å²) in [6.07, 6.45) is 0.777. The number of benzene rings is 1. The molecule has 0 fully saturated rings. The standard InChI is InChI=1S/C11H10BrCl2N/c1-2-3-4-5-15-11-9(13)6-8(12)7-10(11)14/h6-7,15H,4-5H2,1H3. The number of halogens is 3. The quantitative estimate of drug-likeness (QED) is 0.636. The van der Waals surface area contributed by atoms with Gasteiger partial charge in [0.25, 0.3) is 0 Å². The first-order chi connectivity index (χ1) is 7.15. The molecule has 0 amide bonds. The Labute approximate surface area is 108 Å². The van der Waals surface area contributed by atoms with E-state index in [2.05, 4.69) is 33.1 Å². The van der Waals surface area contributed by atoms with Crippen molar-refractivity contribution < 1.29 is 0 Å². The summed E-state index contributed by atoms with van der Waals surface area (Å²) in [5.74, 6) is 5.79. The maximum absolute atomic E-state index is 6.03. The Morgan fingerprint density at radius 1 is 1.33 bits per heavy atom. The Morgan fingerprint density at radius 2 is 1.93 bits per heavy atom. The molecule has 0 unspecified atom stereocenters. The number of rotatable bonds is 3. The van der Waals surface area contributed by atoms with E-state index in [4.69, 9.17) is 23.2 Å². The lowest BCUT2D eigenvalue weighted by atomic mass is 10.3. The minimum Gasteiger partial charge on any atom is -0.382 e. The highest BCUT2D eigenvalue weighted by atomic mass is 79.9. The van der Waals surface area contributed by atoms with E-state index < -0.39 is 0 Å². The highest BCUT2D eigenvalue weighted by molar-refractivity contribution is 9.10. The van der Waals surface area contributed by atoms with Crippen molar-refractivity contribution >= 4 is 44.8 Å². The molecule has 1 nitrogen and oxygen atoms in total. The Kier molecular flexibility index (Phi) is 5.31. The lowest BCUT2D eigenvalue weighted by Gasteiger charge is -2.09. The molecular weight excluding hydrogens is 297 g/mol. The third-order valence-corrected chi connectivity index (χ3v) is 2.79. The molecule has 0 saturated heterocycles. The third kappa shape index (κ3) is 3.95. The Morgan fingerprint density at radius 3 is 2.47 bits per heavy atom. The summed E-state index contributed by atoms with van der Waals surface area (Å²) >= 11 is 15.4. The number of hydrogen-bond donors (Lipinski definition) is 1. The van der Waals surface area contributed by atoms with Gasteiger partial charge in [-0.1, -0.05) is 39.1 Å². The van der Waals surface area contributed by atoms with E-state index in [1.807, 2.05) is 6.92 Å². The molecule has 0 saturated carbocycles. The lowest BCUT2D eigenvalue weighted by Crippen LogP contribution is -2.01. The number of hydrogen-bond acceptors (Lipinski definition) is 1. The van der Waals surface area contributed by atoms with E-state index in [0.29, 0.717) is 10.0 Å². The van der Waals surface area contributed by atoms with Crippen LogP contribution in [0.15, 0.2) is 16.6 Å². The second kappa shape index (κ2) is 6.27. The number of nitrogens with one attached hydrogen (secondary N) is 1. The van der Waals surface area contributed by atoms with Crippen LogP contribution >= 0.6 is 39.1 Å². The van der Waals surface area contributed by atoms with Crippen molar-refractivity contribution in [1.82, 2.24) is 0 Å². The molecule has 0 aliphatic heterocycles. The lowest BCUT2D eigenvalue weighted by molar-refractivity contribution is 1.10. The average Bonchev–Trinajstić information content (AvgIpc) is 2.15. The van der Waals surface area contributed by atoms with Crippen LogP contribution in [0.25, 0.3) is 0 Å². The maximum atomic E-state index is 6.03. The van der Waals surface area contributed by atoms with Crippen molar-refractivity contribution in [3.8, 4) is 11.8 Å². The second-order valence-electron chi connectivity index (χ2n) is 2.85. The summed E-state index contributed by atoms with van der Waals surface area (Å²) in [6.45, 7) is 2.56. The molecule has 0 atom stereocenters. The first kappa shape index (κ1) is 12.7. The third-order valence-electron chi connectivity index (χ3n) is 1.74. The van der Waals surface area contributed by atoms with Crippen molar-refractivity contribution in [2.24, 2.45) is 0 Å². The van der Waals surface area contributed by atoms with Crippen LogP contribution in [0, 0.1) is 11.8 Å². The van der Waals surface area contributed by atoms with Crippen molar-refractivity contribution in [1.29, 1.82) is 0 Å². The summed E-state index contributed by atoms with van der Waals surface area (Å²) in [5.41, 5.74) is 0.763. The largest absolute Gasteiger partial charge is 0.382 e. The molecule has 0 aromatic heterocycles. The van der Waals surface area contributed by atoms with Gasteiger partial charge >= 0.3 is 0 Å². The molecule has 15 heavy (non-hydrogen) atoms. The van der Waals surface area contributed by atoms with E-state index in [-0.39, 0.29) is 0 Å². The smallest absolute Gasteiger partial charge is 0.0720 e. The van der Waals surface area contributed by atoms with E-state index in [9.17, 15) is 0 Å². The average molecular weight is 307 g/mol. The van der Waals surface area contributed by atoms with Gasteiger partial charge in [-0.2, -0.15) is 0 Å². The van der Waals surface area contributed by atoms with Gasteiger partial charge in [0.2, 0.25) is 0 Å². The van der Waals surface area contributed by atoms with Crippen molar-refractivity contribution in [2.45, 2.75) is 13.3 Å². The SMILES string of the molecule is CC#CCCNc1c(Cl)cc(Br)cc1Cl. The van der Waals surface area contributed by atoms with Gasteiger partial charge < -0.3 is 5.32 Å². The van der Waals surface area contributed by atoms with Crippen molar-refractivity contribution in [2.75, 3.05) is 11.9 Å². The van der Waals surface area contributed by atoms with Crippen LogP contribution in [-0.2, 0) is 0 Å². The fourth-order valence-electron chi connectivity index (χ4n) is 1.09. The van der Waals surface area contributed by atoms with Gasteiger partial charge in [-0.05, 0) is 19.1 Å². The van der Waals surface area contributed by atoms with E-state index in [1.165, 1.54) is 0 Å². The molecule has 0 aliphatic carbocycles. The Balaban J connectivity index is 2.71. The minimum absolute atomic E-state index is 0.610. The number of anilines is 1. The Bertz CT molecular complexity index is 384. The molecule has 0 heterocycles. The summed E-state index contributed by atoms with van der Waals surface area (Å²) in [5, 5.41) is 4.38. The van der Waals surface area contributed by atoms with Crippen LogP contribution in [-0.4, -0.2) is 6.54 Å². The first-order valence-corrected chi connectivity index (χ1v) is 5.98. The zero-order valence-corrected chi connectivity index (χ0v) is 11.3. The molecule has 0 aliphatic rings. The highest BCUT2D eigenvalue weighted by Gasteiger charge is 2.06. The van der Waals surface area contributed by atoms with Crippen LogP contribution in [0.1, 0.15) is 13.3 Å². The van der Waals surface area contributed by atoms with Crippen LogP contribution in [0.5, 0.6) is 0 Å². The van der Waals surface area contributed by atoms with Crippen molar-refractivity contribution in [3.63, 3.8) is 0 Å². The molecular formula is C11H10BrCl2N. The zero-order chi connectivity index (χ0) is 11.3. The predicted molar refractivity (Wildman–Crippen MR) is 70.7 cm³/mol. The van der Waals surface area contributed by atoms with Crippen LogP contribution in [0.2, 0.25) is 10.0 Å². The molecule has 0 radical (unpaired) electrons. The van der Waals surface area contributed by atoms with E-state index in [0.717, 1.165) is 23.1 Å². The van der Waals surface area contributed by atoms with Gasteiger partial charge in [0, 0.05) is 17.4 Å². The molecule has 0 bridgehead atoms. The molecule has 0 spiro atoms. The van der Waals surface area contributed by atoms with Gasteiger partial charge in [-0.15, -0.1) is 11.8 Å². The second-order valence-corrected chi connectivity index (χ2v) is 4.58. The Hall–Kier alpha value is -0.360. The molecule has 1 N–H and O–H groups in total. The zero-order valence-electron chi connectivity index (χ0n) is 8.20. The van der Waals surface area contributed by atoms with Gasteiger partial charge in [-0.3, -0.25) is 0 Å². The maximum Gasteiger partial charge on any atom is 0.0720 e. The highest BCUT2D eigenvalue weighted by Crippen LogP contribution is 2.33. The normalized spacial score (nSPS) is 9.33. The van der Waals surface area contributed by atoms with Crippen LogP contribution < -0.4 is 5.32 Å². The molecule has 1 aromatic rings. The monoisotopic (exact) mass is 305 g/mol. The first-order valence-electron chi connectivity index (χ1n) is 4.43. The fourth-order valence-corrected chi connectivity index (χ4v) is 2.43. The van der Waals surface area contributed by atoms with Gasteiger partial charge in [-0.25, -0.2) is 0 Å². The molecule has 80 valence electrons. The van der Waals surface area contributed by atoms with E-state index in [1.54, 1.807) is 12.1 Å². The van der Waals surface area contributed by atoms with Gasteiger partial charge in [0.05, 0.1) is 15.7 Å². The van der Waals surface area contributed by atoms with Crippen LogP contribution in [0.4, 0.5) is 5.69 Å². The molecule has 1 rings (SSSR count).